The van der Waals surface area contributed by atoms with Crippen LogP contribution < -0.4 is 10.6 Å². The van der Waals surface area contributed by atoms with Crippen LogP contribution in [0.5, 0.6) is 0 Å². The summed E-state index contributed by atoms with van der Waals surface area (Å²) < 4.78 is 12.9. The second-order valence-electron chi connectivity index (χ2n) is 5.03. The number of amides is 1. The SMILES string of the molecule is O=C(CCNC1(CO)CCC1)Nc1cccc(F)c1. The Balaban J connectivity index is 1.73. The van der Waals surface area contributed by atoms with E-state index in [4.69, 9.17) is 0 Å². The summed E-state index contributed by atoms with van der Waals surface area (Å²) >= 11 is 0. The van der Waals surface area contributed by atoms with E-state index in [9.17, 15) is 14.3 Å². The minimum atomic E-state index is -0.371. The molecule has 1 aromatic carbocycles. The molecule has 0 spiro atoms. The van der Waals surface area contributed by atoms with Gasteiger partial charge >= 0.3 is 0 Å². The molecule has 1 aliphatic rings. The molecular weight excluding hydrogens is 247 g/mol. The lowest BCUT2D eigenvalue weighted by Crippen LogP contribution is -2.54. The maximum absolute atomic E-state index is 12.9. The lowest BCUT2D eigenvalue weighted by atomic mass is 9.77. The summed E-state index contributed by atoms with van der Waals surface area (Å²) in [4.78, 5) is 11.7. The van der Waals surface area contributed by atoms with Crippen molar-refractivity contribution in [1.82, 2.24) is 5.32 Å². The number of aliphatic hydroxyl groups is 1. The van der Waals surface area contributed by atoms with E-state index < -0.39 is 0 Å². The topological polar surface area (TPSA) is 61.4 Å². The number of anilines is 1. The van der Waals surface area contributed by atoms with Gasteiger partial charge in [0.1, 0.15) is 5.82 Å². The fraction of sp³-hybridized carbons (Fsp3) is 0.500. The molecule has 4 nitrogen and oxygen atoms in total. The van der Waals surface area contributed by atoms with Crippen LogP contribution in [0.15, 0.2) is 24.3 Å². The molecule has 1 fully saturated rings. The van der Waals surface area contributed by atoms with E-state index in [1.165, 1.54) is 12.1 Å². The summed E-state index contributed by atoms with van der Waals surface area (Å²) in [6.07, 6.45) is 3.32. The molecule has 1 amide bonds. The van der Waals surface area contributed by atoms with Crippen molar-refractivity contribution in [3.8, 4) is 0 Å². The van der Waals surface area contributed by atoms with Crippen molar-refractivity contribution in [2.45, 2.75) is 31.2 Å². The van der Waals surface area contributed by atoms with Crippen LogP contribution in [-0.4, -0.2) is 29.7 Å². The number of hydrogen-bond donors (Lipinski definition) is 3. The van der Waals surface area contributed by atoms with E-state index in [-0.39, 0.29) is 23.9 Å². The van der Waals surface area contributed by atoms with E-state index in [1.54, 1.807) is 12.1 Å². The Labute approximate surface area is 112 Å². The molecule has 1 aliphatic carbocycles. The molecule has 0 saturated heterocycles. The first-order valence-electron chi connectivity index (χ1n) is 6.55. The van der Waals surface area contributed by atoms with Gasteiger partial charge in [-0.2, -0.15) is 0 Å². The maximum atomic E-state index is 12.9. The lowest BCUT2D eigenvalue weighted by molar-refractivity contribution is -0.116. The first-order chi connectivity index (χ1) is 9.13. The average molecular weight is 266 g/mol. The number of rotatable bonds is 6. The molecule has 1 saturated carbocycles. The van der Waals surface area contributed by atoms with E-state index in [2.05, 4.69) is 10.6 Å². The van der Waals surface area contributed by atoms with Gasteiger partial charge in [-0.1, -0.05) is 6.07 Å². The highest BCUT2D eigenvalue weighted by molar-refractivity contribution is 5.90. The molecule has 0 radical (unpaired) electrons. The molecule has 0 atom stereocenters. The predicted molar refractivity (Wildman–Crippen MR) is 71.3 cm³/mol. The Morgan fingerprint density at radius 3 is 2.79 bits per heavy atom. The molecule has 3 N–H and O–H groups in total. The number of hydrogen-bond acceptors (Lipinski definition) is 3. The largest absolute Gasteiger partial charge is 0.394 e. The van der Waals surface area contributed by atoms with Crippen molar-refractivity contribution in [2.24, 2.45) is 0 Å². The number of carbonyl (C=O) groups excluding carboxylic acids is 1. The van der Waals surface area contributed by atoms with Crippen molar-refractivity contribution in [2.75, 3.05) is 18.5 Å². The molecule has 0 unspecified atom stereocenters. The minimum Gasteiger partial charge on any atom is -0.394 e. The van der Waals surface area contributed by atoms with Gasteiger partial charge in [-0.05, 0) is 37.5 Å². The third-order valence-corrected chi connectivity index (χ3v) is 3.57. The summed E-state index contributed by atoms with van der Waals surface area (Å²) in [6.45, 7) is 0.625. The molecular formula is C14H19FN2O2. The molecule has 5 heteroatoms. The smallest absolute Gasteiger partial charge is 0.225 e. The van der Waals surface area contributed by atoms with Crippen molar-refractivity contribution < 1.29 is 14.3 Å². The van der Waals surface area contributed by atoms with Crippen molar-refractivity contribution in [3.05, 3.63) is 30.1 Å². The van der Waals surface area contributed by atoms with E-state index in [0.717, 1.165) is 19.3 Å². The van der Waals surface area contributed by atoms with Gasteiger partial charge in [-0.15, -0.1) is 0 Å². The molecule has 0 heterocycles. The molecule has 0 aromatic heterocycles. The van der Waals surface area contributed by atoms with Gasteiger partial charge in [0.05, 0.1) is 6.61 Å². The third-order valence-electron chi connectivity index (χ3n) is 3.57. The Bertz CT molecular complexity index is 441. The number of nitrogens with one attached hydrogen (secondary N) is 2. The van der Waals surface area contributed by atoms with Crippen molar-refractivity contribution >= 4 is 11.6 Å². The molecule has 0 aliphatic heterocycles. The average Bonchev–Trinajstić information content (AvgIpc) is 2.32. The van der Waals surface area contributed by atoms with Crippen LogP contribution in [0.3, 0.4) is 0 Å². The van der Waals surface area contributed by atoms with Gasteiger partial charge in [0.15, 0.2) is 0 Å². The van der Waals surface area contributed by atoms with E-state index in [0.29, 0.717) is 18.7 Å². The van der Waals surface area contributed by atoms with Crippen LogP contribution in [0, 0.1) is 5.82 Å². The fourth-order valence-electron chi connectivity index (χ4n) is 2.23. The highest BCUT2D eigenvalue weighted by Gasteiger charge is 2.35. The number of aliphatic hydroxyl groups excluding tert-OH is 1. The molecule has 1 aromatic rings. The van der Waals surface area contributed by atoms with Crippen LogP contribution >= 0.6 is 0 Å². The summed E-state index contributed by atoms with van der Waals surface area (Å²) in [5, 5.41) is 15.1. The van der Waals surface area contributed by atoms with Gasteiger partial charge in [-0.3, -0.25) is 4.79 Å². The van der Waals surface area contributed by atoms with Gasteiger partial charge in [0.25, 0.3) is 0 Å². The Morgan fingerprint density at radius 2 is 2.21 bits per heavy atom. The Kier molecular flexibility index (Phi) is 4.50. The lowest BCUT2D eigenvalue weighted by Gasteiger charge is -2.41. The fourth-order valence-corrected chi connectivity index (χ4v) is 2.23. The molecule has 2 rings (SSSR count). The van der Waals surface area contributed by atoms with E-state index in [1.807, 2.05) is 0 Å². The predicted octanol–water partition coefficient (Wildman–Crippen LogP) is 1.66. The van der Waals surface area contributed by atoms with Crippen molar-refractivity contribution in [3.63, 3.8) is 0 Å². The first kappa shape index (κ1) is 14.0. The van der Waals surface area contributed by atoms with Crippen LogP contribution in [0.1, 0.15) is 25.7 Å². The highest BCUT2D eigenvalue weighted by atomic mass is 19.1. The standard InChI is InChI=1S/C14H19FN2O2/c15-11-3-1-4-12(9-11)17-13(19)5-8-16-14(10-18)6-2-7-14/h1,3-4,9,16,18H,2,5-8,10H2,(H,17,19). The van der Waals surface area contributed by atoms with Gasteiger partial charge in [0.2, 0.25) is 5.91 Å². The second kappa shape index (κ2) is 6.12. The zero-order valence-corrected chi connectivity index (χ0v) is 10.8. The second-order valence-corrected chi connectivity index (χ2v) is 5.03. The van der Waals surface area contributed by atoms with E-state index >= 15 is 0 Å². The number of halogens is 1. The summed E-state index contributed by atoms with van der Waals surface area (Å²) in [6, 6.07) is 5.82. The zero-order valence-electron chi connectivity index (χ0n) is 10.8. The van der Waals surface area contributed by atoms with Crippen LogP contribution in [0.25, 0.3) is 0 Å². The first-order valence-corrected chi connectivity index (χ1v) is 6.55. The number of carbonyl (C=O) groups is 1. The van der Waals surface area contributed by atoms with Crippen LogP contribution in [0.2, 0.25) is 0 Å². The summed E-state index contributed by atoms with van der Waals surface area (Å²) in [5.74, 6) is -0.532. The molecule has 104 valence electrons. The Hall–Kier alpha value is -1.46. The zero-order chi connectivity index (χ0) is 13.7. The van der Waals surface area contributed by atoms with Crippen LogP contribution in [-0.2, 0) is 4.79 Å². The monoisotopic (exact) mass is 266 g/mol. The molecule has 19 heavy (non-hydrogen) atoms. The third kappa shape index (κ3) is 3.75. The Morgan fingerprint density at radius 1 is 1.42 bits per heavy atom. The van der Waals surface area contributed by atoms with Gasteiger partial charge in [-0.25, -0.2) is 4.39 Å². The molecule has 0 bridgehead atoms. The van der Waals surface area contributed by atoms with Crippen LogP contribution in [0.4, 0.5) is 10.1 Å². The maximum Gasteiger partial charge on any atom is 0.225 e. The number of benzene rings is 1. The van der Waals surface area contributed by atoms with Crippen molar-refractivity contribution in [1.29, 1.82) is 0 Å². The summed E-state index contributed by atoms with van der Waals surface area (Å²) in [5.41, 5.74) is 0.282. The minimum absolute atomic E-state index is 0.110. The quantitative estimate of drug-likeness (QED) is 0.734. The highest BCUT2D eigenvalue weighted by Crippen LogP contribution is 2.30. The normalized spacial score (nSPS) is 16.7. The summed E-state index contributed by atoms with van der Waals surface area (Å²) in [7, 11) is 0. The van der Waals surface area contributed by atoms with Gasteiger partial charge < -0.3 is 15.7 Å². The van der Waals surface area contributed by atoms with Gasteiger partial charge in [0, 0.05) is 24.2 Å².